The fraction of sp³-hybridized carbons (Fsp3) is 0.308. The molecule has 2 nitrogen and oxygen atoms in total. The molecule has 8 heteroatoms. The fourth-order valence-corrected chi connectivity index (χ4v) is 1.89. The molecule has 21 heavy (non-hydrogen) atoms. The van der Waals surface area contributed by atoms with Crippen LogP contribution in [0.1, 0.15) is 22.5 Å². The molecule has 0 aliphatic carbocycles. The van der Waals surface area contributed by atoms with Gasteiger partial charge in [0.15, 0.2) is 5.69 Å². The van der Waals surface area contributed by atoms with Crippen LogP contribution in [0.3, 0.4) is 0 Å². The molecule has 0 aliphatic rings. The van der Waals surface area contributed by atoms with Gasteiger partial charge in [-0.2, -0.15) is 31.4 Å². The van der Waals surface area contributed by atoms with E-state index in [-0.39, 0.29) is 12.6 Å². The second kappa shape index (κ2) is 5.09. The predicted octanol–water partition coefficient (Wildman–Crippen LogP) is 4.28. The van der Waals surface area contributed by atoms with Crippen molar-refractivity contribution in [2.75, 3.05) is 0 Å². The summed E-state index contributed by atoms with van der Waals surface area (Å²) in [6, 6.07) is 6.50. The SMILES string of the molecule is Cc1cccc(Cn2nc(C(F)(F)F)cc2C(F)(F)F)c1. The third-order valence-corrected chi connectivity index (χ3v) is 2.78. The highest BCUT2D eigenvalue weighted by atomic mass is 19.4. The molecule has 0 spiro atoms. The lowest BCUT2D eigenvalue weighted by Gasteiger charge is -2.10. The number of rotatable bonds is 2. The summed E-state index contributed by atoms with van der Waals surface area (Å²) in [5.74, 6) is 0. The lowest BCUT2D eigenvalue weighted by molar-refractivity contribution is -0.144. The third-order valence-electron chi connectivity index (χ3n) is 2.78. The van der Waals surface area contributed by atoms with Gasteiger partial charge >= 0.3 is 12.4 Å². The van der Waals surface area contributed by atoms with E-state index in [9.17, 15) is 26.3 Å². The first-order valence-corrected chi connectivity index (χ1v) is 5.85. The zero-order chi connectivity index (χ0) is 15.8. The van der Waals surface area contributed by atoms with Crippen LogP contribution in [-0.2, 0) is 18.9 Å². The van der Waals surface area contributed by atoms with E-state index in [0.29, 0.717) is 10.2 Å². The number of alkyl halides is 6. The molecule has 114 valence electrons. The molecule has 0 saturated carbocycles. The number of nitrogens with zero attached hydrogens (tertiary/aromatic N) is 2. The summed E-state index contributed by atoms with van der Waals surface area (Å²) in [4.78, 5) is 0. The Balaban J connectivity index is 2.44. The third kappa shape index (κ3) is 3.56. The molecular weight excluding hydrogens is 298 g/mol. The lowest BCUT2D eigenvalue weighted by Crippen LogP contribution is -2.15. The summed E-state index contributed by atoms with van der Waals surface area (Å²) in [6.45, 7) is 1.35. The molecule has 1 aromatic heterocycles. The monoisotopic (exact) mass is 308 g/mol. The van der Waals surface area contributed by atoms with E-state index in [1.807, 2.05) is 0 Å². The maximum atomic E-state index is 12.8. The van der Waals surface area contributed by atoms with Gasteiger partial charge in [-0.25, -0.2) is 0 Å². The topological polar surface area (TPSA) is 17.8 Å². The van der Waals surface area contributed by atoms with Crippen molar-refractivity contribution >= 4 is 0 Å². The van der Waals surface area contributed by atoms with Crippen LogP contribution in [0.25, 0.3) is 0 Å². The van der Waals surface area contributed by atoms with Crippen LogP contribution < -0.4 is 0 Å². The first-order valence-electron chi connectivity index (χ1n) is 5.85. The van der Waals surface area contributed by atoms with Crippen LogP contribution in [0.4, 0.5) is 26.3 Å². The molecule has 0 bridgehead atoms. The Morgan fingerprint density at radius 1 is 1.00 bits per heavy atom. The summed E-state index contributed by atoms with van der Waals surface area (Å²) in [7, 11) is 0. The molecule has 0 amide bonds. The molecule has 2 rings (SSSR count). The van der Waals surface area contributed by atoms with Gasteiger partial charge in [-0.05, 0) is 12.5 Å². The van der Waals surface area contributed by atoms with Crippen LogP contribution in [0, 0.1) is 6.92 Å². The number of halogens is 6. The second-order valence-electron chi connectivity index (χ2n) is 4.56. The number of hydrogen-bond acceptors (Lipinski definition) is 1. The van der Waals surface area contributed by atoms with Crippen molar-refractivity contribution < 1.29 is 26.3 Å². The first-order chi connectivity index (χ1) is 9.57. The van der Waals surface area contributed by atoms with Crippen molar-refractivity contribution in [3.63, 3.8) is 0 Å². The lowest BCUT2D eigenvalue weighted by atomic mass is 10.1. The van der Waals surface area contributed by atoms with E-state index >= 15 is 0 Å². The quantitative estimate of drug-likeness (QED) is 0.757. The second-order valence-corrected chi connectivity index (χ2v) is 4.56. The summed E-state index contributed by atoms with van der Waals surface area (Å²) in [5.41, 5.74) is -1.74. The Kier molecular flexibility index (Phi) is 3.73. The van der Waals surface area contributed by atoms with Crippen molar-refractivity contribution in [3.05, 3.63) is 52.8 Å². The van der Waals surface area contributed by atoms with Gasteiger partial charge in [0.2, 0.25) is 0 Å². The van der Waals surface area contributed by atoms with Crippen molar-refractivity contribution in [2.45, 2.75) is 25.8 Å². The Hall–Kier alpha value is -1.99. The molecular formula is C13H10F6N2. The Bertz CT molecular complexity index is 639. The molecule has 1 heterocycles. The Morgan fingerprint density at radius 2 is 1.67 bits per heavy atom. The van der Waals surface area contributed by atoms with Gasteiger partial charge in [-0.15, -0.1) is 0 Å². The first kappa shape index (κ1) is 15.4. The highest BCUT2D eigenvalue weighted by Gasteiger charge is 2.41. The smallest absolute Gasteiger partial charge is 0.255 e. The minimum atomic E-state index is -4.92. The van der Waals surface area contributed by atoms with Crippen LogP contribution in [0.5, 0.6) is 0 Å². The van der Waals surface area contributed by atoms with E-state index in [0.717, 1.165) is 5.56 Å². The molecule has 0 fully saturated rings. The Morgan fingerprint density at radius 3 is 2.19 bits per heavy atom. The molecule has 0 aliphatic heterocycles. The van der Waals surface area contributed by atoms with Crippen molar-refractivity contribution in [2.24, 2.45) is 0 Å². The van der Waals surface area contributed by atoms with E-state index in [2.05, 4.69) is 5.10 Å². The molecule has 0 radical (unpaired) electrons. The molecule has 0 atom stereocenters. The van der Waals surface area contributed by atoms with E-state index in [1.165, 1.54) is 6.07 Å². The Labute approximate surface area is 116 Å². The van der Waals surface area contributed by atoms with Gasteiger partial charge in [-0.3, -0.25) is 4.68 Å². The average molecular weight is 308 g/mol. The highest BCUT2D eigenvalue weighted by Crippen LogP contribution is 2.35. The summed E-state index contributed by atoms with van der Waals surface area (Å²) in [6.07, 6.45) is -9.82. The minimum Gasteiger partial charge on any atom is -0.255 e. The van der Waals surface area contributed by atoms with Crippen LogP contribution in [0.15, 0.2) is 30.3 Å². The van der Waals surface area contributed by atoms with E-state index < -0.39 is 23.7 Å². The maximum absolute atomic E-state index is 12.8. The van der Waals surface area contributed by atoms with E-state index in [1.54, 1.807) is 25.1 Å². The molecule has 2 aromatic rings. The van der Waals surface area contributed by atoms with Crippen molar-refractivity contribution in [1.29, 1.82) is 0 Å². The van der Waals surface area contributed by atoms with Gasteiger partial charge in [0.1, 0.15) is 5.69 Å². The fourth-order valence-electron chi connectivity index (χ4n) is 1.89. The number of aryl methyl sites for hydroxylation is 1. The van der Waals surface area contributed by atoms with Crippen LogP contribution >= 0.6 is 0 Å². The largest absolute Gasteiger partial charge is 0.435 e. The van der Waals surface area contributed by atoms with Gasteiger partial charge < -0.3 is 0 Å². The molecule has 0 saturated heterocycles. The number of aromatic nitrogens is 2. The van der Waals surface area contributed by atoms with Crippen LogP contribution in [0.2, 0.25) is 0 Å². The van der Waals surface area contributed by atoms with Gasteiger partial charge in [0.05, 0.1) is 6.54 Å². The molecule has 0 N–H and O–H groups in total. The van der Waals surface area contributed by atoms with Gasteiger partial charge in [0, 0.05) is 6.07 Å². The number of hydrogen-bond donors (Lipinski definition) is 0. The molecule has 0 unspecified atom stereocenters. The normalized spacial score (nSPS) is 12.7. The van der Waals surface area contributed by atoms with Gasteiger partial charge in [-0.1, -0.05) is 29.8 Å². The van der Waals surface area contributed by atoms with Crippen molar-refractivity contribution in [3.8, 4) is 0 Å². The van der Waals surface area contributed by atoms with Crippen molar-refractivity contribution in [1.82, 2.24) is 9.78 Å². The molecule has 1 aromatic carbocycles. The maximum Gasteiger partial charge on any atom is 0.435 e. The van der Waals surface area contributed by atoms with E-state index in [4.69, 9.17) is 0 Å². The van der Waals surface area contributed by atoms with Gasteiger partial charge in [0.25, 0.3) is 0 Å². The highest BCUT2D eigenvalue weighted by molar-refractivity contribution is 5.24. The predicted molar refractivity (Wildman–Crippen MR) is 62.5 cm³/mol. The minimum absolute atomic E-state index is 0.0236. The average Bonchev–Trinajstić information content (AvgIpc) is 2.72. The zero-order valence-corrected chi connectivity index (χ0v) is 10.8. The summed E-state index contributed by atoms with van der Waals surface area (Å²) >= 11 is 0. The summed E-state index contributed by atoms with van der Waals surface area (Å²) < 4.78 is 76.3. The summed E-state index contributed by atoms with van der Waals surface area (Å²) in [5, 5.41) is 3.04. The number of benzene rings is 1. The van der Waals surface area contributed by atoms with Crippen LogP contribution in [-0.4, -0.2) is 9.78 Å². The zero-order valence-electron chi connectivity index (χ0n) is 10.8. The standard InChI is InChI=1S/C13H10F6N2/c1-8-3-2-4-9(5-8)7-21-11(13(17,18)19)6-10(20-21)12(14,15)16/h2-6H,7H2,1H3.